The van der Waals surface area contributed by atoms with E-state index in [0.717, 1.165) is 23.9 Å². The number of anilines is 1. The predicted molar refractivity (Wildman–Crippen MR) is 90.6 cm³/mol. The molecule has 8 nitrogen and oxygen atoms in total. The molecule has 27 heavy (non-hydrogen) atoms. The van der Waals surface area contributed by atoms with Gasteiger partial charge in [-0.1, -0.05) is 6.92 Å². The molecule has 1 unspecified atom stereocenters. The van der Waals surface area contributed by atoms with E-state index in [1.54, 1.807) is 6.92 Å². The summed E-state index contributed by atoms with van der Waals surface area (Å²) in [7, 11) is -3.63. The first-order valence-electron chi connectivity index (χ1n) is 7.88. The summed E-state index contributed by atoms with van der Waals surface area (Å²) in [5.74, 6) is -1.16. The molecule has 0 aliphatic carbocycles. The summed E-state index contributed by atoms with van der Waals surface area (Å²) < 4.78 is 63.9. The van der Waals surface area contributed by atoms with E-state index in [0.29, 0.717) is 6.42 Å². The summed E-state index contributed by atoms with van der Waals surface area (Å²) in [6.45, 7) is 4.56. The minimum absolute atomic E-state index is 0.161. The molecule has 0 saturated carbocycles. The van der Waals surface area contributed by atoms with Crippen molar-refractivity contribution in [2.45, 2.75) is 44.4 Å². The fourth-order valence-corrected chi connectivity index (χ4v) is 2.71. The van der Waals surface area contributed by atoms with Crippen molar-refractivity contribution in [2.75, 3.05) is 11.6 Å². The molecule has 0 spiro atoms. The third-order valence-electron chi connectivity index (χ3n) is 3.72. The molecule has 1 atom stereocenters. The van der Waals surface area contributed by atoms with E-state index >= 15 is 0 Å². The second-order valence-electron chi connectivity index (χ2n) is 5.99. The lowest BCUT2D eigenvalue weighted by Gasteiger charge is -2.15. The van der Waals surface area contributed by atoms with Crippen molar-refractivity contribution < 1.29 is 26.4 Å². The number of hydrogen-bond donors (Lipinski definition) is 1. The Morgan fingerprint density at radius 2 is 1.93 bits per heavy atom. The van der Waals surface area contributed by atoms with Crippen LogP contribution in [0.4, 0.5) is 19.0 Å². The van der Waals surface area contributed by atoms with Gasteiger partial charge in [0.25, 0.3) is 0 Å². The average Bonchev–Trinajstić information content (AvgIpc) is 2.93. The zero-order valence-electron chi connectivity index (χ0n) is 15.0. The summed E-state index contributed by atoms with van der Waals surface area (Å²) in [6, 6.07) is 2.01. The van der Waals surface area contributed by atoms with Gasteiger partial charge in [-0.25, -0.2) is 8.42 Å². The third kappa shape index (κ3) is 4.43. The number of rotatable bonds is 6. The molecule has 0 aromatic carbocycles. The second kappa shape index (κ2) is 7.25. The van der Waals surface area contributed by atoms with Crippen LogP contribution in [0.15, 0.2) is 17.2 Å². The van der Waals surface area contributed by atoms with Crippen molar-refractivity contribution in [3.05, 3.63) is 23.4 Å². The molecule has 0 bridgehead atoms. The molecular weight excluding hydrogens is 387 g/mol. The standard InChI is InChI=1S/C15H18F3N5O3S/c1-5-8(2)19-14-12(9(3)24)13(15(16,17)18)22-23(14)10-6-7-11(21-20-10)27(4,25)26/h6-8,19H,5H2,1-4H3. The Morgan fingerprint density at radius 3 is 2.33 bits per heavy atom. The van der Waals surface area contributed by atoms with E-state index in [-0.39, 0.29) is 22.7 Å². The number of sulfone groups is 1. The van der Waals surface area contributed by atoms with Gasteiger partial charge in [0.15, 0.2) is 32.2 Å². The first kappa shape index (κ1) is 20.8. The number of carbonyl (C=O) groups excluding carboxylic acids is 1. The van der Waals surface area contributed by atoms with Crippen molar-refractivity contribution >= 4 is 21.4 Å². The van der Waals surface area contributed by atoms with Crippen molar-refractivity contribution in [3.63, 3.8) is 0 Å². The Kier molecular flexibility index (Phi) is 5.59. The van der Waals surface area contributed by atoms with E-state index in [1.807, 2.05) is 6.92 Å². The van der Waals surface area contributed by atoms with Crippen molar-refractivity contribution in [1.29, 1.82) is 0 Å². The van der Waals surface area contributed by atoms with Crippen molar-refractivity contribution in [1.82, 2.24) is 20.0 Å². The maximum absolute atomic E-state index is 13.4. The van der Waals surface area contributed by atoms with Gasteiger partial charge >= 0.3 is 6.18 Å². The average molecular weight is 405 g/mol. The van der Waals surface area contributed by atoms with Gasteiger partial charge in [-0.3, -0.25) is 4.79 Å². The quantitative estimate of drug-likeness (QED) is 0.736. The minimum atomic E-state index is -4.86. The fourth-order valence-electron chi connectivity index (χ4n) is 2.21. The predicted octanol–water partition coefficient (Wildman–Crippen LogP) is 2.50. The van der Waals surface area contributed by atoms with E-state index < -0.39 is 33.1 Å². The highest BCUT2D eigenvalue weighted by Gasteiger charge is 2.41. The Morgan fingerprint density at radius 1 is 1.30 bits per heavy atom. The van der Waals surface area contributed by atoms with Gasteiger partial charge in [0, 0.05) is 12.3 Å². The summed E-state index contributed by atoms with van der Waals surface area (Å²) in [4.78, 5) is 11.9. The molecule has 0 radical (unpaired) electrons. The van der Waals surface area contributed by atoms with Crippen LogP contribution in [-0.4, -0.2) is 46.5 Å². The highest BCUT2D eigenvalue weighted by molar-refractivity contribution is 7.90. The van der Waals surface area contributed by atoms with Crippen molar-refractivity contribution in [3.8, 4) is 5.82 Å². The smallest absolute Gasteiger partial charge is 0.367 e. The van der Waals surface area contributed by atoms with Gasteiger partial charge in [-0.15, -0.1) is 10.2 Å². The number of halogens is 3. The van der Waals surface area contributed by atoms with Gasteiger partial charge in [0.05, 0.1) is 5.56 Å². The summed E-state index contributed by atoms with van der Waals surface area (Å²) in [5.41, 5.74) is -1.97. The SMILES string of the molecule is CCC(C)Nc1c(C(C)=O)c(C(F)(F)F)nn1-c1ccc(S(C)(=O)=O)nn1. The molecule has 0 fully saturated rings. The molecular formula is C15H18F3N5O3S. The maximum atomic E-state index is 13.4. The Balaban J connectivity index is 2.72. The van der Waals surface area contributed by atoms with Crippen LogP contribution >= 0.6 is 0 Å². The normalized spacial score (nSPS) is 13.4. The number of hydrogen-bond acceptors (Lipinski definition) is 7. The maximum Gasteiger partial charge on any atom is 0.435 e. The molecule has 12 heteroatoms. The summed E-state index contributed by atoms with van der Waals surface area (Å²) >= 11 is 0. The van der Waals surface area contributed by atoms with Crippen LogP contribution < -0.4 is 5.32 Å². The topological polar surface area (TPSA) is 107 Å². The lowest BCUT2D eigenvalue weighted by atomic mass is 10.1. The van der Waals surface area contributed by atoms with Crippen LogP contribution in [0.5, 0.6) is 0 Å². The molecule has 0 amide bonds. The Hall–Kier alpha value is -2.50. The van der Waals surface area contributed by atoms with Crippen LogP contribution in [0.3, 0.4) is 0 Å². The largest absolute Gasteiger partial charge is 0.435 e. The monoisotopic (exact) mass is 405 g/mol. The number of carbonyl (C=O) groups is 1. The fraction of sp³-hybridized carbons (Fsp3) is 0.467. The molecule has 0 aliphatic heterocycles. The van der Waals surface area contributed by atoms with Crippen LogP contribution in [0.25, 0.3) is 5.82 Å². The third-order valence-corrected chi connectivity index (χ3v) is 4.70. The van der Waals surface area contributed by atoms with E-state index in [4.69, 9.17) is 0 Å². The van der Waals surface area contributed by atoms with E-state index in [2.05, 4.69) is 20.6 Å². The number of nitrogens with one attached hydrogen (secondary N) is 1. The number of nitrogens with zero attached hydrogens (tertiary/aromatic N) is 4. The molecule has 1 N–H and O–H groups in total. The molecule has 2 rings (SSSR count). The number of Topliss-reactive ketones (excluding diaryl/α,β-unsaturated/α-hetero) is 1. The first-order valence-corrected chi connectivity index (χ1v) is 9.77. The van der Waals surface area contributed by atoms with Crippen LogP contribution in [-0.2, 0) is 16.0 Å². The zero-order chi connectivity index (χ0) is 20.6. The van der Waals surface area contributed by atoms with Crippen LogP contribution in [0.1, 0.15) is 43.2 Å². The number of aromatic nitrogens is 4. The van der Waals surface area contributed by atoms with E-state index in [1.165, 1.54) is 6.07 Å². The van der Waals surface area contributed by atoms with Crippen LogP contribution in [0, 0.1) is 0 Å². The van der Waals surface area contributed by atoms with Gasteiger partial charge in [-0.2, -0.15) is 23.0 Å². The number of ketones is 1. The molecule has 2 aromatic heterocycles. The molecule has 2 heterocycles. The molecule has 0 aliphatic rings. The molecule has 0 saturated heterocycles. The van der Waals surface area contributed by atoms with Crippen molar-refractivity contribution in [2.24, 2.45) is 0 Å². The molecule has 2 aromatic rings. The first-order chi connectivity index (χ1) is 12.4. The second-order valence-corrected chi connectivity index (χ2v) is 7.96. The lowest BCUT2D eigenvalue weighted by Crippen LogP contribution is -2.19. The van der Waals surface area contributed by atoms with Gasteiger partial charge < -0.3 is 5.32 Å². The highest BCUT2D eigenvalue weighted by atomic mass is 32.2. The number of alkyl halides is 3. The highest BCUT2D eigenvalue weighted by Crippen LogP contribution is 2.36. The Labute approximate surface area is 153 Å². The summed E-state index contributed by atoms with van der Waals surface area (Å²) in [5, 5.41) is 13.2. The van der Waals surface area contributed by atoms with Gasteiger partial charge in [0.1, 0.15) is 5.82 Å². The minimum Gasteiger partial charge on any atom is -0.367 e. The van der Waals surface area contributed by atoms with E-state index in [9.17, 15) is 26.4 Å². The van der Waals surface area contributed by atoms with Crippen LogP contribution in [0.2, 0.25) is 0 Å². The lowest BCUT2D eigenvalue weighted by molar-refractivity contribution is -0.141. The summed E-state index contributed by atoms with van der Waals surface area (Å²) in [6.07, 6.45) is -3.36. The Bertz CT molecular complexity index is 952. The van der Waals surface area contributed by atoms with Gasteiger partial charge in [-0.05, 0) is 32.4 Å². The molecule has 148 valence electrons. The zero-order valence-corrected chi connectivity index (χ0v) is 15.8. The van der Waals surface area contributed by atoms with Gasteiger partial charge in [0.2, 0.25) is 0 Å².